The third kappa shape index (κ3) is 3.85. The van der Waals surface area contributed by atoms with Gasteiger partial charge in [-0.05, 0) is 37.0 Å². The monoisotopic (exact) mass is 268 g/mol. The molecule has 1 atom stereocenters. The fraction of sp³-hybridized carbons (Fsp3) is 0.857. The summed E-state index contributed by atoms with van der Waals surface area (Å²) in [6, 6.07) is 0.0194. The van der Waals surface area contributed by atoms with E-state index >= 15 is 0 Å². The number of nitrogens with zero attached hydrogens (tertiary/aromatic N) is 1. The highest BCUT2D eigenvalue weighted by Crippen LogP contribution is 2.39. The largest absolute Gasteiger partial charge is 0.481 e. The highest BCUT2D eigenvalue weighted by Gasteiger charge is 2.33. The number of carboxylic acids is 1. The van der Waals surface area contributed by atoms with E-state index in [0.29, 0.717) is 24.3 Å². The Balaban J connectivity index is 1.68. The summed E-state index contributed by atoms with van der Waals surface area (Å²) >= 11 is 0. The summed E-state index contributed by atoms with van der Waals surface area (Å²) in [5, 5.41) is 11.7. The van der Waals surface area contributed by atoms with Crippen molar-refractivity contribution in [1.29, 1.82) is 0 Å². The Bertz CT molecular complexity index is 353. The third-order valence-corrected chi connectivity index (χ3v) is 4.57. The fourth-order valence-electron chi connectivity index (χ4n) is 2.94. The zero-order valence-electron chi connectivity index (χ0n) is 11.7. The number of hydrogen-bond donors (Lipinski definition) is 2. The maximum absolute atomic E-state index is 12.0. The summed E-state index contributed by atoms with van der Waals surface area (Å²) in [7, 11) is 0. The van der Waals surface area contributed by atoms with E-state index in [1.165, 1.54) is 19.3 Å². The van der Waals surface area contributed by atoms with Crippen molar-refractivity contribution < 1.29 is 14.7 Å². The van der Waals surface area contributed by atoms with E-state index in [1.54, 1.807) is 0 Å². The maximum atomic E-state index is 12.0. The van der Waals surface area contributed by atoms with Gasteiger partial charge in [-0.1, -0.05) is 13.3 Å². The minimum Gasteiger partial charge on any atom is -0.481 e. The molecule has 0 bridgehead atoms. The molecular formula is C14H24N2O3. The molecule has 0 spiro atoms. The summed E-state index contributed by atoms with van der Waals surface area (Å²) in [5.41, 5.74) is 0.304. The summed E-state index contributed by atoms with van der Waals surface area (Å²) < 4.78 is 0. The second-order valence-electron chi connectivity index (χ2n) is 6.36. The molecule has 5 nitrogen and oxygen atoms in total. The molecule has 19 heavy (non-hydrogen) atoms. The number of carboxylic acid groups (broad SMARTS) is 1. The van der Waals surface area contributed by atoms with E-state index in [2.05, 4.69) is 12.2 Å². The lowest BCUT2D eigenvalue weighted by atomic mass is 9.70. The molecule has 1 aliphatic heterocycles. The summed E-state index contributed by atoms with van der Waals surface area (Å²) in [6.07, 6.45) is 5.49. The van der Waals surface area contributed by atoms with Gasteiger partial charge < -0.3 is 15.3 Å². The average Bonchev–Trinajstić information content (AvgIpc) is 2.80. The van der Waals surface area contributed by atoms with Crippen LogP contribution in [0.25, 0.3) is 0 Å². The van der Waals surface area contributed by atoms with Crippen LogP contribution < -0.4 is 5.32 Å². The molecule has 0 aromatic rings. The van der Waals surface area contributed by atoms with Crippen LogP contribution in [0.15, 0.2) is 0 Å². The molecule has 2 rings (SSSR count). The Labute approximate surface area is 114 Å². The molecule has 0 aromatic heterocycles. The van der Waals surface area contributed by atoms with Crippen LogP contribution in [-0.4, -0.2) is 41.6 Å². The summed E-state index contributed by atoms with van der Waals surface area (Å²) in [4.78, 5) is 24.4. The van der Waals surface area contributed by atoms with Gasteiger partial charge in [0.15, 0.2) is 0 Å². The van der Waals surface area contributed by atoms with Crippen molar-refractivity contribution in [2.45, 2.75) is 45.4 Å². The maximum Gasteiger partial charge on any atom is 0.317 e. The number of aliphatic carboxylic acids is 1. The average molecular weight is 268 g/mol. The molecule has 5 heteroatoms. The second kappa shape index (κ2) is 5.80. The van der Waals surface area contributed by atoms with Crippen molar-refractivity contribution >= 4 is 12.0 Å². The number of nitrogens with one attached hydrogen (secondary N) is 1. The zero-order chi connectivity index (χ0) is 13.9. The lowest BCUT2D eigenvalue weighted by Crippen LogP contribution is -2.45. The number of amides is 2. The van der Waals surface area contributed by atoms with Gasteiger partial charge in [-0.3, -0.25) is 4.79 Å². The van der Waals surface area contributed by atoms with Gasteiger partial charge in [-0.2, -0.15) is 0 Å². The Kier molecular flexibility index (Phi) is 4.32. The van der Waals surface area contributed by atoms with Gasteiger partial charge in [0.25, 0.3) is 0 Å². The minimum absolute atomic E-state index is 0.0194. The van der Waals surface area contributed by atoms with Gasteiger partial charge >= 0.3 is 12.0 Å². The van der Waals surface area contributed by atoms with Gasteiger partial charge in [0.2, 0.25) is 0 Å². The lowest BCUT2D eigenvalue weighted by Gasteiger charge is -2.38. The molecule has 2 aliphatic rings. The van der Waals surface area contributed by atoms with Crippen LogP contribution in [0.4, 0.5) is 4.79 Å². The molecule has 1 aliphatic carbocycles. The summed E-state index contributed by atoms with van der Waals surface area (Å²) in [5.74, 6) is -0.401. The highest BCUT2D eigenvalue weighted by atomic mass is 16.4. The van der Waals surface area contributed by atoms with E-state index in [0.717, 1.165) is 19.5 Å². The molecule has 0 aromatic carbocycles. The van der Waals surface area contributed by atoms with Gasteiger partial charge in [0, 0.05) is 26.1 Å². The van der Waals surface area contributed by atoms with Gasteiger partial charge in [-0.15, -0.1) is 0 Å². The predicted molar refractivity (Wildman–Crippen MR) is 71.9 cm³/mol. The second-order valence-corrected chi connectivity index (χ2v) is 6.36. The standard InChI is InChI=1S/C14H24N2O3/c1-14(6-2-7-14)10-15-13(19)16-8-5-11(9-16)3-4-12(17)18/h11H,2-10H2,1H3,(H,15,19)(H,17,18). The van der Waals surface area contributed by atoms with Gasteiger partial charge in [0.05, 0.1) is 0 Å². The smallest absolute Gasteiger partial charge is 0.317 e. The van der Waals surface area contributed by atoms with Crippen LogP contribution in [0.5, 0.6) is 0 Å². The number of urea groups is 1. The Hall–Kier alpha value is -1.26. The summed E-state index contributed by atoms with van der Waals surface area (Å²) in [6.45, 7) is 4.45. The number of likely N-dealkylation sites (tertiary alicyclic amines) is 1. The molecule has 1 heterocycles. The molecule has 1 saturated carbocycles. The van der Waals surface area contributed by atoms with E-state index in [4.69, 9.17) is 5.11 Å². The minimum atomic E-state index is -0.749. The van der Waals surface area contributed by atoms with Crippen LogP contribution in [0.1, 0.15) is 45.4 Å². The SMILES string of the molecule is CC1(CNC(=O)N2CCC(CCC(=O)O)C2)CCC1. The normalized spacial score (nSPS) is 24.9. The van der Waals surface area contributed by atoms with Crippen LogP contribution >= 0.6 is 0 Å². The lowest BCUT2D eigenvalue weighted by molar-refractivity contribution is -0.137. The first-order valence-electron chi connectivity index (χ1n) is 7.23. The molecule has 2 N–H and O–H groups in total. The van der Waals surface area contributed by atoms with Crippen LogP contribution in [0.2, 0.25) is 0 Å². The fourth-order valence-corrected chi connectivity index (χ4v) is 2.94. The van der Waals surface area contributed by atoms with Crippen molar-refractivity contribution in [1.82, 2.24) is 10.2 Å². The van der Waals surface area contributed by atoms with Gasteiger partial charge in [0.1, 0.15) is 0 Å². The molecular weight excluding hydrogens is 244 g/mol. The van der Waals surface area contributed by atoms with E-state index in [9.17, 15) is 9.59 Å². The Morgan fingerprint density at radius 3 is 2.74 bits per heavy atom. The van der Waals surface area contributed by atoms with Crippen LogP contribution in [-0.2, 0) is 4.79 Å². The molecule has 2 amide bonds. The van der Waals surface area contributed by atoms with Crippen molar-refractivity contribution in [2.75, 3.05) is 19.6 Å². The number of carbonyl (C=O) groups excluding carboxylic acids is 1. The molecule has 0 radical (unpaired) electrons. The Morgan fingerprint density at radius 2 is 2.16 bits per heavy atom. The van der Waals surface area contributed by atoms with Crippen molar-refractivity contribution in [3.05, 3.63) is 0 Å². The zero-order valence-corrected chi connectivity index (χ0v) is 11.7. The van der Waals surface area contributed by atoms with Crippen LogP contribution in [0, 0.1) is 11.3 Å². The first-order chi connectivity index (χ1) is 8.98. The molecule has 1 unspecified atom stereocenters. The molecule has 1 saturated heterocycles. The number of rotatable bonds is 5. The predicted octanol–water partition coefficient (Wildman–Crippen LogP) is 2.07. The topological polar surface area (TPSA) is 69.6 Å². The van der Waals surface area contributed by atoms with Crippen molar-refractivity contribution in [3.63, 3.8) is 0 Å². The molecule has 108 valence electrons. The number of carbonyl (C=O) groups is 2. The quantitative estimate of drug-likeness (QED) is 0.802. The van der Waals surface area contributed by atoms with E-state index in [1.807, 2.05) is 4.90 Å². The van der Waals surface area contributed by atoms with Crippen LogP contribution in [0.3, 0.4) is 0 Å². The first kappa shape index (κ1) is 14.2. The molecule has 2 fully saturated rings. The van der Waals surface area contributed by atoms with Crippen molar-refractivity contribution in [2.24, 2.45) is 11.3 Å². The highest BCUT2D eigenvalue weighted by molar-refractivity contribution is 5.74. The van der Waals surface area contributed by atoms with E-state index < -0.39 is 5.97 Å². The van der Waals surface area contributed by atoms with E-state index in [-0.39, 0.29) is 12.5 Å². The third-order valence-electron chi connectivity index (χ3n) is 4.57. The van der Waals surface area contributed by atoms with Crippen molar-refractivity contribution in [3.8, 4) is 0 Å². The van der Waals surface area contributed by atoms with Gasteiger partial charge in [-0.25, -0.2) is 4.79 Å². The Morgan fingerprint density at radius 1 is 1.42 bits per heavy atom. The number of hydrogen-bond acceptors (Lipinski definition) is 2. The first-order valence-corrected chi connectivity index (χ1v) is 7.23.